The van der Waals surface area contributed by atoms with Crippen molar-refractivity contribution in [2.45, 2.75) is 26.9 Å². The normalized spacial score (nSPS) is 11.0. The molecule has 0 aromatic carbocycles. The summed E-state index contributed by atoms with van der Waals surface area (Å²) in [5.74, 6) is 0.313. The summed E-state index contributed by atoms with van der Waals surface area (Å²) in [5, 5.41) is 4.11. The second-order valence-corrected chi connectivity index (χ2v) is 3.39. The Kier molecular flexibility index (Phi) is 2.74. The van der Waals surface area contributed by atoms with Crippen LogP contribution < -0.4 is 5.73 Å². The van der Waals surface area contributed by atoms with Crippen molar-refractivity contribution < 1.29 is 8.81 Å². The van der Waals surface area contributed by atoms with Gasteiger partial charge in [0.2, 0.25) is 5.89 Å². The van der Waals surface area contributed by atoms with Gasteiger partial charge in [-0.15, -0.1) is 0 Å². The number of hydrogen-bond donors (Lipinski definition) is 1. The van der Waals surface area contributed by atoms with Gasteiger partial charge in [0.1, 0.15) is 0 Å². The summed E-state index contributed by atoms with van der Waals surface area (Å²) < 4.78 is 20.6. The second-order valence-electron chi connectivity index (χ2n) is 3.39. The average Bonchev–Trinajstić information content (AvgIpc) is 2.86. The first-order valence-electron chi connectivity index (χ1n) is 5.05. The molecule has 0 radical (unpaired) electrons. The number of aromatic nitrogens is 3. The van der Waals surface area contributed by atoms with Gasteiger partial charge in [0.15, 0.2) is 17.3 Å². The summed E-state index contributed by atoms with van der Waals surface area (Å²) in [6.07, 6.45) is 1.44. The van der Waals surface area contributed by atoms with Crippen molar-refractivity contribution in [2.75, 3.05) is 0 Å². The third kappa shape index (κ3) is 1.61. The molecule has 0 atom stereocenters. The molecule has 0 spiro atoms. The van der Waals surface area contributed by atoms with E-state index >= 15 is 0 Å². The van der Waals surface area contributed by atoms with E-state index in [2.05, 4.69) is 10.1 Å². The van der Waals surface area contributed by atoms with Crippen molar-refractivity contribution in [1.29, 1.82) is 0 Å². The zero-order valence-corrected chi connectivity index (χ0v) is 9.20. The molecule has 2 aromatic rings. The molecule has 0 fully saturated rings. The number of nitrogens with zero attached hydrogens (tertiary/aromatic N) is 3. The fourth-order valence-electron chi connectivity index (χ4n) is 1.50. The Bertz CT molecular complexity index is 503. The van der Waals surface area contributed by atoms with Gasteiger partial charge >= 0.3 is 0 Å². The lowest BCUT2D eigenvalue weighted by Crippen LogP contribution is -1.98. The van der Waals surface area contributed by atoms with E-state index in [0.717, 1.165) is 0 Å². The van der Waals surface area contributed by atoms with E-state index in [4.69, 9.17) is 10.2 Å². The zero-order chi connectivity index (χ0) is 11.7. The van der Waals surface area contributed by atoms with E-state index in [1.807, 2.05) is 6.92 Å². The van der Waals surface area contributed by atoms with Crippen LogP contribution in [-0.4, -0.2) is 14.8 Å². The second kappa shape index (κ2) is 4.05. The van der Waals surface area contributed by atoms with Crippen molar-refractivity contribution in [2.24, 2.45) is 5.73 Å². The Morgan fingerprint density at radius 1 is 1.56 bits per heavy atom. The van der Waals surface area contributed by atoms with E-state index in [-0.39, 0.29) is 18.1 Å². The number of halogens is 1. The molecule has 2 rings (SSSR count). The molecule has 2 aromatic heterocycles. The van der Waals surface area contributed by atoms with Gasteiger partial charge in [0, 0.05) is 6.54 Å². The molecule has 0 saturated heterocycles. The molecule has 16 heavy (non-hydrogen) atoms. The molecule has 2 N–H and O–H groups in total. The molecule has 0 aliphatic carbocycles. The molecular formula is C10H13FN4O. The van der Waals surface area contributed by atoms with Gasteiger partial charge in [-0.05, 0) is 13.8 Å². The summed E-state index contributed by atoms with van der Waals surface area (Å²) in [6, 6.07) is 0. The predicted molar refractivity (Wildman–Crippen MR) is 56.0 cm³/mol. The minimum Gasteiger partial charge on any atom is -0.437 e. The first kappa shape index (κ1) is 10.8. The zero-order valence-electron chi connectivity index (χ0n) is 9.20. The van der Waals surface area contributed by atoms with Crippen LogP contribution in [0.25, 0.3) is 11.5 Å². The highest BCUT2D eigenvalue weighted by Crippen LogP contribution is 2.24. The molecule has 6 heteroatoms. The first-order chi connectivity index (χ1) is 7.67. The Balaban J connectivity index is 2.47. The van der Waals surface area contributed by atoms with Gasteiger partial charge in [-0.25, -0.2) is 9.37 Å². The molecule has 0 unspecified atom stereocenters. The quantitative estimate of drug-likeness (QED) is 0.856. The van der Waals surface area contributed by atoms with Crippen molar-refractivity contribution >= 4 is 0 Å². The summed E-state index contributed by atoms with van der Waals surface area (Å²) in [6.45, 7) is 4.38. The minimum absolute atomic E-state index is 0.187. The highest BCUT2D eigenvalue weighted by Gasteiger charge is 2.18. The van der Waals surface area contributed by atoms with E-state index in [1.165, 1.54) is 6.20 Å². The lowest BCUT2D eigenvalue weighted by atomic mass is 10.3. The molecule has 0 aliphatic rings. The van der Waals surface area contributed by atoms with Crippen LogP contribution in [0.1, 0.15) is 18.5 Å². The van der Waals surface area contributed by atoms with Gasteiger partial charge in [-0.2, -0.15) is 5.10 Å². The molecule has 2 heterocycles. The monoisotopic (exact) mass is 224 g/mol. The smallest absolute Gasteiger partial charge is 0.208 e. The highest BCUT2D eigenvalue weighted by molar-refractivity contribution is 5.52. The van der Waals surface area contributed by atoms with Crippen LogP contribution in [0.5, 0.6) is 0 Å². The lowest BCUT2D eigenvalue weighted by Gasteiger charge is -1.95. The van der Waals surface area contributed by atoms with Gasteiger partial charge in [-0.1, -0.05) is 0 Å². The van der Waals surface area contributed by atoms with Gasteiger partial charge in [-0.3, -0.25) is 4.68 Å². The molecule has 0 amide bonds. The molecule has 86 valence electrons. The number of oxazole rings is 1. The van der Waals surface area contributed by atoms with Gasteiger partial charge < -0.3 is 10.2 Å². The molecular weight excluding hydrogens is 211 g/mol. The van der Waals surface area contributed by atoms with Crippen LogP contribution in [0.2, 0.25) is 0 Å². The Labute approximate surface area is 92.1 Å². The average molecular weight is 224 g/mol. The van der Waals surface area contributed by atoms with Gasteiger partial charge in [0.05, 0.1) is 18.4 Å². The Hall–Kier alpha value is -1.69. The number of nitrogens with two attached hydrogens (primary N) is 1. The standard InChI is InChI=1S/C10H13FN4O/c1-3-15-6(2)9(11)10(14-15)7-5-13-8(4-12)16-7/h5H,3-4,12H2,1-2H3. The molecule has 5 nitrogen and oxygen atoms in total. The van der Waals surface area contributed by atoms with Crippen LogP contribution in [0.3, 0.4) is 0 Å². The summed E-state index contributed by atoms with van der Waals surface area (Å²) in [4.78, 5) is 3.91. The maximum Gasteiger partial charge on any atom is 0.208 e. The van der Waals surface area contributed by atoms with Crippen molar-refractivity contribution in [1.82, 2.24) is 14.8 Å². The fourth-order valence-corrected chi connectivity index (χ4v) is 1.50. The highest BCUT2D eigenvalue weighted by atomic mass is 19.1. The molecule has 0 aliphatic heterocycles. The van der Waals surface area contributed by atoms with Crippen LogP contribution >= 0.6 is 0 Å². The maximum atomic E-state index is 13.8. The van der Waals surface area contributed by atoms with E-state index in [0.29, 0.717) is 23.9 Å². The lowest BCUT2D eigenvalue weighted by molar-refractivity contribution is 0.503. The number of rotatable bonds is 3. The van der Waals surface area contributed by atoms with Crippen LogP contribution in [0.4, 0.5) is 4.39 Å². The predicted octanol–water partition coefficient (Wildman–Crippen LogP) is 1.46. The van der Waals surface area contributed by atoms with Crippen molar-refractivity contribution in [3.63, 3.8) is 0 Å². The van der Waals surface area contributed by atoms with Crippen molar-refractivity contribution in [3.8, 4) is 11.5 Å². The third-order valence-corrected chi connectivity index (χ3v) is 2.39. The number of aryl methyl sites for hydroxylation is 1. The fraction of sp³-hybridized carbons (Fsp3) is 0.400. The number of hydrogen-bond acceptors (Lipinski definition) is 4. The Morgan fingerprint density at radius 3 is 2.81 bits per heavy atom. The van der Waals surface area contributed by atoms with E-state index < -0.39 is 0 Å². The summed E-state index contributed by atoms with van der Waals surface area (Å²) in [5.41, 5.74) is 6.04. The van der Waals surface area contributed by atoms with Crippen LogP contribution in [0, 0.1) is 12.7 Å². The maximum absolute atomic E-state index is 13.8. The topological polar surface area (TPSA) is 69.9 Å². The largest absolute Gasteiger partial charge is 0.437 e. The Morgan fingerprint density at radius 2 is 2.31 bits per heavy atom. The van der Waals surface area contributed by atoms with Crippen molar-refractivity contribution in [3.05, 3.63) is 23.6 Å². The van der Waals surface area contributed by atoms with Crippen LogP contribution in [0.15, 0.2) is 10.6 Å². The van der Waals surface area contributed by atoms with Gasteiger partial charge in [0.25, 0.3) is 0 Å². The van der Waals surface area contributed by atoms with E-state index in [9.17, 15) is 4.39 Å². The summed E-state index contributed by atoms with van der Waals surface area (Å²) >= 11 is 0. The third-order valence-electron chi connectivity index (χ3n) is 2.39. The SMILES string of the molecule is CCn1nc(-c2cnc(CN)o2)c(F)c1C. The molecule has 0 bridgehead atoms. The molecule has 0 saturated carbocycles. The van der Waals surface area contributed by atoms with Crippen LogP contribution in [-0.2, 0) is 13.1 Å². The first-order valence-corrected chi connectivity index (χ1v) is 5.05. The van der Waals surface area contributed by atoms with E-state index in [1.54, 1.807) is 11.6 Å². The summed E-state index contributed by atoms with van der Waals surface area (Å²) in [7, 11) is 0. The minimum atomic E-state index is -0.374.